The van der Waals surface area contributed by atoms with Gasteiger partial charge in [0, 0.05) is 25.0 Å². The largest absolute Gasteiger partial charge is 0.457 e. The molecule has 2 heterocycles. The van der Waals surface area contributed by atoms with E-state index >= 15 is 0 Å². The maximum atomic E-state index is 13.6. The Hall–Kier alpha value is -2.73. The van der Waals surface area contributed by atoms with Crippen LogP contribution in [0.25, 0.3) is 10.9 Å². The van der Waals surface area contributed by atoms with Gasteiger partial charge in [0.2, 0.25) is 0 Å². The monoisotopic (exact) mass is 435 g/mol. The molecule has 0 spiro atoms. The first kappa shape index (κ1) is 21.1. The molecule has 5 rings (SSSR count). The number of hydrogen-bond donors (Lipinski definition) is 0. The second-order valence-corrected chi connectivity index (χ2v) is 9.49. The van der Waals surface area contributed by atoms with Crippen LogP contribution >= 0.6 is 0 Å². The number of fused-ring (bicyclic) bond motifs is 1. The van der Waals surface area contributed by atoms with Crippen molar-refractivity contribution in [3.8, 4) is 11.5 Å². The molecule has 1 saturated carbocycles. The molecule has 0 radical (unpaired) electrons. The van der Waals surface area contributed by atoms with Gasteiger partial charge in [-0.25, -0.2) is 9.37 Å². The molecular weight excluding hydrogens is 405 g/mol. The summed E-state index contributed by atoms with van der Waals surface area (Å²) in [6.45, 7) is 7.37. The van der Waals surface area contributed by atoms with Gasteiger partial charge in [0.25, 0.3) is 5.56 Å². The molecule has 0 amide bonds. The Morgan fingerprint density at radius 1 is 1.09 bits per heavy atom. The summed E-state index contributed by atoms with van der Waals surface area (Å²) in [6, 6.07) is 11.8. The average Bonchev–Trinajstić information content (AvgIpc) is 3.63. The molecule has 2 aliphatic rings. The molecular formula is C26H30FN3O2. The van der Waals surface area contributed by atoms with E-state index in [-0.39, 0.29) is 11.4 Å². The number of halogens is 1. The van der Waals surface area contributed by atoms with Gasteiger partial charge in [-0.1, -0.05) is 0 Å². The van der Waals surface area contributed by atoms with E-state index in [4.69, 9.17) is 9.72 Å². The van der Waals surface area contributed by atoms with Crippen molar-refractivity contribution in [3.63, 3.8) is 0 Å². The summed E-state index contributed by atoms with van der Waals surface area (Å²) in [7, 11) is 0. The highest BCUT2D eigenvalue weighted by Gasteiger charge is 2.31. The smallest absolute Gasteiger partial charge is 0.261 e. The normalized spacial score (nSPS) is 19.6. The van der Waals surface area contributed by atoms with Crippen LogP contribution in [0.5, 0.6) is 11.5 Å². The summed E-state index contributed by atoms with van der Waals surface area (Å²) in [5.41, 5.74) is 0.732. The molecule has 32 heavy (non-hydrogen) atoms. The lowest BCUT2D eigenvalue weighted by molar-refractivity contribution is 0.129. The Balaban J connectivity index is 1.48. The van der Waals surface area contributed by atoms with E-state index in [9.17, 15) is 9.18 Å². The molecule has 3 aromatic rings. The SMILES string of the molecule is CC(C)N1CCCC(Cn2c(C3CC3)nc3ccc(Oc4ccc(F)cc4)cc3c2=O)C1. The number of nitrogens with zero attached hydrogens (tertiary/aromatic N) is 3. The van der Waals surface area contributed by atoms with Gasteiger partial charge in [-0.15, -0.1) is 0 Å². The highest BCUT2D eigenvalue weighted by atomic mass is 19.1. The van der Waals surface area contributed by atoms with Gasteiger partial charge >= 0.3 is 0 Å². The zero-order valence-corrected chi connectivity index (χ0v) is 18.8. The summed E-state index contributed by atoms with van der Waals surface area (Å²) >= 11 is 0. The maximum Gasteiger partial charge on any atom is 0.261 e. The Labute approximate surface area is 187 Å². The van der Waals surface area contributed by atoms with E-state index in [1.54, 1.807) is 18.2 Å². The zero-order valence-electron chi connectivity index (χ0n) is 18.8. The molecule has 1 saturated heterocycles. The third kappa shape index (κ3) is 4.42. The van der Waals surface area contributed by atoms with Crippen LogP contribution in [0.15, 0.2) is 47.3 Å². The van der Waals surface area contributed by atoms with Crippen LogP contribution in [0.4, 0.5) is 4.39 Å². The van der Waals surface area contributed by atoms with E-state index in [0.717, 1.165) is 44.7 Å². The lowest BCUT2D eigenvalue weighted by Gasteiger charge is -2.35. The van der Waals surface area contributed by atoms with Crippen molar-refractivity contribution in [1.82, 2.24) is 14.5 Å². The van der Waals surface area contributed by atoms with Crippen LogP contribution in [0.1, 0.15) is 51.3 Å². The van der Waals surface area contributed by atoms with Crippen LogP contribution in [0, 0.1) is 11.7 Å². The molecule has 1 unspecified atom stereocenters. The number of benzene rings is 2. The van der Waals surface area contributed by atoms with Crippen LogP contribution in [-0.4, -0.2) is 33.6 Å². The first-order valence-corrected chi connectivity index (χ1v) is 11.7. The maximum absolute atomic E-state index is 13.6. The molecule has 1 atom stereocenters. The molecule has 5 nitrogen and oxygen atoms in total. The predicted octanol–water partition coefficient (Wildman–Crippen LogP) is 5.33. The van der Waals surface area contributed by atoms with Gasteiger partial charge in [0.05, 0.1) is 10.9 Å². The lowest BCUT2D eigenvalue weighted by Crippen LogP contribution is -2.42. The number of hydrogen-bond acceptors (Lipinski definition) is 4. The fourth-order valence-electron chi connectivity index (χ4n) is 4.72. The van der Waals surface area contributed by atoms with Crippen molar-refractivity contribution in [2.75, 3.05) is 13.1 Å². The quantitative estimate of drug-likeness (QED) is 0.525. The van der Waals surface area contributed by atoms with Gasteiger partial charge in [-0.3, -0.25) is 9.36 Å². The van der Waals surface area contributed by atoms with Crippen molar-refractivity contribution in [3.05, 3.63) is 64.5 Å². The lowest BCUT2D eigenvalue weighted by atomic mass is 9.96. The van der Waals surface area contributed by atoms with Crippen molar-refractivity contribution in [2.45, 2.75) is 58.0 Å². The minimum Gasteiger partial charge on any atom is -0.457 e. The van der Waals surface area contributed by atoms with Gasteiger partial charge < -0.3 is 9.64 Å². The number of ether oxygens (including phenoxy) is 1. The Morgan fingerprint density at radius 3 is 2.56 bits per heavy atom. The molecule has 1 aromatic heterocycles. The third-order valence-electron chi connectivity index (χ3n) is 6.67. The fourth-order valence-corrected chi connectivity index (χ4v) is 4.72. The molecule has 6 heteroatoms. The highest BCUT2D eigenvalue weighted by Crippen LogP contribution is 2.39. The summed E-state index contributed by atoms with van der Waals surface area (Å²) in [6.07, 6.45) is 4.53. The number of aromatic nitrogens is 2. The van der Waals surface area contributed by atoms with Gasteiger partial charge in [0.15, 0.2) is 0 Å². The van der Waals surface area contributed by atoms with Gasteiger partial charge in [-0.2, -0.15) is 0 Å². The van der Waals surface area contributed by atoms with Crippen molar-refractivity contribution < 1.29 is 9.13 Å². The van der Waals surface area contributed by atoms with E-state index < -0.39 is 0 Å². The van der Waals surface area contributed by atoms with Crippen LogP contribution in [0.2, 0.25) is 0 Å². The van der Waals surface area contributed by atoms with E-state index in [1.165, 1.54) is 18.6 Å². The standard InChI is InChI=1S/C26H30FN3O2/c1-17(2)29-13-3-4-18(15-29)16-30-25(19-5-6-19)28-24-12-11-22(14-23(24)26(30)31)32-21-9-7-20(27)8-10-21/h7-12,14,17-19H,3-6,13,15-16H2,1-2H3. The third-order valence-corrected chi connectivity index (χ3v) is 6.67. The first-order chi connectivity index (χ1) is 15.5. The van der Waals surface area contributed by atoms with Crippen molar-refractivity contribution in [1.29, 1.82) is 0 Å². The van der Waals surface area contributed by atoms with E-state index in [2.05, 4.69) is 18.7 Å². The van der Waals surface area contributed by atoms with E-state index in [0.29, 0.717) is 40.3 Å². The zero-order chi connectivity index (χ0) is 22.2. The van der Waals surface area contributed by atoms with Gasteiger partial charge in [-0.05, 0) is 94.5 Å². The van der Waals surface area contributed by atoms with Crippen LogP contribution in [-0.2, 0) is 6.54 Å². The van der Waals surface area contributed by atoms with Crippen molar-refractivity contribution in [2.24, 2.45) is 5.92 Å². The fraction of sp³-hybridized carbons (Fsp3) is 0.462. The molecule has 1 aliphatic carbocycles. The Morgan fingerprint density at radius 2 is 1.84 bits per heavy atom. The molecule has 168 valence electrons. The Bertz CT molecular complexity index is 1170. The minimum absolute atomic E-state index is 0.0168. The second kappa shape index (κ2) is 8.66. The molecule has 0 bridgehead atoms. The Kier molecular flexibility index (Phi) is 5.72. The molecule has 2 aromatic carbocycles. The second-order valence-electron chi connectivity index (χ2n) is 9.49. The number of likely N-dealkylation sites (tertiary alicyclic amines) is 1. The summed E-state index contributed by atoms with van der Waals surface area (Å²) < 4.78 is 21.0. The summed E-state index contributed by atoms with van der Waals surface area (Å²) in [4.78, 5) is 21.1. The molecule has 1 aliphatic heterocycles. The first-order valence-electron chi connectivity index (χ1n) is 11.7. The summed E-state index contributed by atoms with van der Waals surface area (Å²) in [5.74, 6) is 2.57. The van der Waals surface area contributed by atoms with Crippen molar-refractivity contribution >= 4 is 10.9 Å². The van der Waals surface area contributed by atoms with Crippen LogP contribution < -0.4 is 10.3 Å². The van der Waals surface area contributed by atoms with E-state index in [1.807, 2.05) is 16.7 Å². The van der Waals surface area contributed by atoms with Crippen LogP contribution in [0.3, 0.4) is 0 Å². The minimum atomic E-state index is -0.311. The molecule has 2 fully saturated rings. The highest BCUT2D eigenvalue weighted by molar-refractivity contribution is 5.79. The molecule has 0 N–H and O–H groups in total. The number of piperidine rings is 1. The number of rotatable bonds is 6. The average molecular weight is 436 g/mol. The topological polar surface area (TPSA) is 47.4 Å². The van der Waals surface area contributed by atoms with Gasteiger partial charge in [0.1, 0.15) is 23.1 Å². The predicted molar refractivity (Wildman–Crippen MR) is 124 cm³/mol. The summed E-state index contributed by atoms with van der Waals surface area (Å²) in [5, 5.41) is 0.575.